The molecular formula is C16H11FN2O2S2. The first-order valence-electron chi connectivity index (χ1n) is 6.69. The van der Waals surface area contributed by atoms with Crippen molar-refractivity contribution in [3.63, 3.8) is 0 Å². The predicted molar refractivity (Wildman–Crippen MR) is 91.7 cm³/mol. The number of amides is 2. The highest BCUT2D eigenvalue weighted by Crippen LogP contribution is 2.26. The number of hydrogen-bond donors (Lipinski definition) is 1. The Morgan fingerprint density at radius 2 is 2.00 bits per heavy atom. The molecule has 0 aliphatic carbocycles. The first kappa shape index (κ1) is 15.5. The molecular weight excluding hydrogens is 335 g/mol. The molecule has 0 saturated carbocycles. The molecule has 7 heteroatoms. The van der Waals surface area contributed by atoms with E-state index in [9.17, 15) is 14.0 Å². The molecule has 1 N–H and O–H groups in total. The molecule has 1 aliphatic rings. The lowest BCUT2D eigenvalue weighted by Crippen LogP contribution is -2.54. The van der Waals surface area contributed by atoms with Crippen molar-refractivity contribution < 1.29 is 14.0 Å². The van der Waals surface area contributed by atoms with Crippen LogP contribution in [-0.4, -0.2) is 16.9 Å². The summed E-state index contributed by atoms with van der Waals surface area (Å²) in [5.41, 5.74) is 0.886. The minimum Gasteiger partial charge on any atom is -0.298 e. The average Bonchev–Trinajstić information content (AvgIpc) is 2.90. The van der Waals surface area contributed by atoms with Crippen molar-refractivity contribution in [2.45, 2.75) is 6.92 Å². The maximum atomic E-state index is 14.0. The molecule has 1 aromatic carbocycles. The Bertz CT molecular complexity index is 857. The summed E-state index contributed by atoms with van der Waals surface area (Å²) < 4.78 is 14.0. The second-order valence-corrected chi connectivity index (χ2v) is 6.21. The van der Waals surface area contributed by atoms with Crippen molar-refractivity contribution in [2.24, 2.45) is 0 Å². The van der Waals surface area contributed by atoms with Crippen molar-refractivity contribution in [3.05, 3.63) is 57.5 Å². The van der Waals surface area contributed by atoms with E-state index in [1.54, 1.807) is 6.07 Å². The van der Waals surface area contributed by atoms with E-state index < -0.39 is 17.6 Å². The van der Waals surface area contributed by atoms with Crippen molar-refractivity contribution in [2.75, 3.05) is 4.90 Å². The maximum absolute atomic E-state index is 14.0. The summed E-state index contributed by atoms with van der Waals surface area (Å²) in [6.07, 6.45) is 1.51. The van der Waals surface area contributed by atoms with Crippen LogP contribution in [0.1, 0.15) is 10.4 Å². The number of para-hydroxylation sites is 1. The van der Waals surface area contributed by atoms with E-state index in [1.165, 1.54) is 35.6 Å². The van der Waals surface area contributed by atoms with Gasteiger partial charge >= 0.3 is 0 Å². The molecule has 1 aromatic heterocycles. The fraction of sp³-hybridized carbons (Fsp3) is 0.0625. The zero-order chi connectivity index (χ0) is 16.6. The van der Waals surface area contributed by atoms with E-state index in [0.717, 1.165) is 15.3 Å². The lowest BCUT2D eigenvalue weighted by molar-refractivity contribution is -0.122. The van der Waals surface area contributed by atoms with E-state index in [4.69, 9.17) is 12.2 Å². The Hall–Kier alpha value is -2.38. The van der Waals surface area contributed by atoms with Gasteiger partial charge in [-0.05, 0) is 54.4 Å². The van der Waals surface area contributed by atoms with Crippen LogP contribution in [0.2, 0.25) is 0 Å². The van der Waals surface area contributed by atoms with Crippen molar-refractivity contribution in [3.8, 4) is 0 Å². The molecule has 23 heavy (non-hydrogen) atoms. The molecule has 4 nitrogen and oxygen atoms in total. The molecule has 2 aromatic rings. The number of hydrogen-bond acceptors (Lipinski definition) is 4. The molecule has 0 bridgehead atoms. The number of thiocarbonyl (C=S) groups is 1. The number of rotatable bonds is 2. The lowest BCUT2D eigenvalue weighted by Gasteiger charge is -2.29. The highest BCUT2D eigenvalue weighted by molar-refractivity contribution is 7.80. The number of nitrogens with one attached hydrogen (secondary N) is 1. The molecule has 1 aliphatic heterocycles. The molecule has 1 fully saturated rings. The van der Waals surface area contributed by atoms with E-state index in [-0.39, 0.29) is 16.4 Å². The van der Waals surface area contributed by atoms with E-state index in [0.29, 0.717) is 0 Å². The van der Waals surface area contributed by atoms with Gasteiger partial charge in [-0.25, -0.2) is 9.29 Å². The van der Waals surface area contributed by atoms with E-state index in [1.807, 2.05) is 18.4 Å². The first-order valence-corrected chi connectivity index (χ1v) is 7.98. The van der Waals surface area contributed by atoms with Gasteiger partial charge in [-0.3, -0.25) is 14.9 Å². The average molecular weight is 346 g/mol. The minimum absolute atomic E-state index is 0.0105. The third kappa shape index (κ3) is 2.80. The Kier molecular flexibility index (Phi) is 4.06. The van der Waals surface area contributed by atoms with Crippen LogP contribution in [0.3, 0.4) is 0 Å². The largest absolute Gasteiger partial charge is 0.298 e. The van der Waals surface area contributed by atoms with Crippen LogP contribution >= 0.6 is 23.6 Å². The van der Waals surface area contributed by atoms with Gasteiger partial charge in [0.15, 0.2) is 5.11 Å². The van der Waals surface area contributed by atoms with Crippen LogP contribution < -0.4 is 10.2 Å². The summed E-state index contributed by atoms with van der Waals surface area (Å²) in [5.74, 6) is -1.82. The zero-order valence-electron chi connectivity index (χ0n) is 12.0. The molecule has 0 spiro atoms. The fourth-order valence-electron chi connectivity index (χ4n) is 2.17. The summed E-state index contributed by atoms with van der Waals surface area (Å²) in [6, 6.07) is 7.67. The monoisotopic (exact) mass is 346 g/mol. The number of thiophene rings is 1. The number of aryl methyl sites for hydroxylation is 1. The second kappa shape index (κ2) is 6.02. The van der Waals surface area contributed by atoms with Crippen LogP contribution in [0.25, 0.3) is 6.08 Å². The molecule has 0 radical (unpaired) electrons. The highest BCUT2D eigenvalue weighted by atomic mass is 32.1. The molecule has 0 unspecified atom stereocenters. The van der Waals surface area contributed by atoms with Gasteiger partial charge in [-0.1, -0.05) is 12.1 Å². The first-order chi connectivity index (χ1) is 11.0. The van der Waals surface area contributed by atoms with Gasteiger partial charge in [0.05, 0.1) is 5.69 Å². The molecule has 1 saturated heterocycles. The topological polar surface area (TPSA) is 49.4 Å². The van der Waals surface area contributed by atoms with Gasteiger partial charge in [0.2, 0.25) is 0 Å². The Labute approximate surface area is 141 Å². The smallest absolute Gasteiger partial charge is 0.270 e. The van der Waals surface area contributed by atoms with E-state index >= 15 is 0 Å². The van der Waals surface area contributed by atoms with Crippen LogP contribution in [0.4, 0.5) is 10.1 Å². The Balaban J connectivity index is 2.07. The normalized spacial score (nSPS) is 16.9. The van der Waals surface area contributed by atoms with Crippen LogP contribution in [0, 0.1) is 12.7 Å². The summed E-state index contributed by atoms with van der Waals surface area (Å²) in [4.78, 5) is 26.6. The summed E-state index contributed by atoms with van der Waals surface area (Å²) in [6.45, 7) is 1.88. The third-order valence-corrected chi connectivity index (χ3v) is 4.62. The van der Waals surface area contributed by atoms with Gasteiger partial charge in [-0.2, -0.15) is 0 Å². The Morgan fingerprint density at radius 1 is 1.26 bits per heavy atom. The van der Waals surface area contributed by atoms with Crippen LogP contribution in [-0.2, 0) is 9.59 Å². The standard InChI is InChI=1S/C16H11FN2O2S2/c1-9-6-7-23-13(9)8-10-14(20)18-16(22)19(15(10)21)12-5-3-2-4-11(12)17/h2-8H,1H3,(H,18,20,22)/b10-8-. The van der Waals surface area contributed by atoms with Gasteiger partial charge in [0.1, 0.15) is 11.4 Å². The summed E-state index contributed by atoms with van der Waals surface area (Å²) in [7, 11) is 0. The van der Waals surface area contributed by atoms with E-state index in [2.05, 4.69) is 5.32 Å². The second-order valence-electron chi connectivity index (χ2n) is 4.88. The molecule has 0 atom stereocenters. The quantitative estimate of drug-likeness (QED) is 0.517. The predicted octanol–water partition coefficient (Wildman–Crippen LogP) is 3.03. The van der Waals surface area contributed by atoms with Gasteiger partial charge in [0.25, 0.3) is 11.8 Å². The van der Waals surface area contributed by atoms with Gasteiger partial charge in [-0.15, -0.1) is 11.3 Å². The minimum atomic E-state index is -0.642. The van der Waals surface area contributed by atoms with Crippen LogP contribution in [0.15, 0.2) is 41.3 Å². The van der Waals surface area contributed by atoms with Gasteiger partial charge in [0, 0.05) is 4.88 Å². The molecule has 3 rings (SSSR count). The number of halogens is 1. The fourth-order valence-corrected chi connectivity index (χ4v) is 3.31. The maximum Gasteiger partial charge on any atom is 0.270 e. The zero-order valence-corrected chi connectivity index (χ0v) is 13.6. The number of carbonyl (C=O) groups is 2. The summed E-state index contributed by atoms with van der Waals surface area (Å²) in [5, 5.41) is 4.17. The molecule has 116 valence electrons. The Morgan fingerprint density at radius 3 is 2.65 bits per heavy atom. The summed E-state index contributed by atoms with van der Waals surface area (Å²) >= 11 is 6.45. The highest BCUT2D eigenvalue weighted by Gasteiger charge is 2.35. The number of benzene rings is 1. The molecule has 2 heterocycles. The van der Waals surface area contributed by atoms with Crippen molar-refractivity contribution in [1.29, 1.82) is 0 Å². The SMILES string of the molecule is Cc1ccsc1/C=C1/C(=O)NC(=S)N(c2ccccc2F)C1=O. The molecule has 2 amide bonds. The van der Waals surface area contributed by atoms with Crippen molar-refractivity contribution >= 4 is 52.2 Å². The number of carbonyl (C=O) groups excluding carboxylic acids is 2. The number of anilines is 1. The lowest BCUT2D eigenvalue weighted by atomic mass is 10.1. The van der Waals surface area contributed by atoms with Crippen molar-refractivity contribution in [1.82, 2.24) is 5.32 Å². The van der Waals surface area contributed by atoms with Crippen LogP contribution in [0.5, 0.6) is 0 Å². The van der Waals surface area contributed by atoms with Gasteiger partial charge < -0.3 is 0 Å². The third-order valence-electron chi connectivity index (χ3n) is 3.37. The number of nitrogens with zero attached hydrogens (tertiary/aromatic N) is 1.